The number of carbonyl (C=O) groups excluding carboxylic acids is 2. The molecule has 3 aliphatic rings. The van der Waals surface area contributed by atoms with Gasteiger partial charge in [0.05, 0.1) is 40.5 Å². The molecular formula is C34H34FN5O3. The van der Waals surface area contributed by atoms with Crippen LogP contribution in [-0.4, -0.2) is 64.7 Å². The fourth-order valence-electron chi connectivity index (χ4n) is 5.26. The monoisotopic (exact) mass is 579 g/mol. The molecule has 5 rings (SSSR count). The number of halogens is 1. The third-order valence-corrected chi connectivity index (χ3v) is 7.57. The van der Waals surface area contributed by atoms with Crippen molar-refractivity contribution in [1.29, 1.82) is 5.26 Å². The maximum Gasteiger partial charge on any atom is 0.410 e. The molecule has 0 aromatic heterocycles. The van der Waals surface area contributed by atoms with Gasteiger partial charge in [0.1, 0.15) is 11.4 Å². The van der Waals surface area contributed by atoms with Crippen LogP contribution >= 0.6 is 0 Å². The topological polar surface area (TPSA) is 89.2 Å². The van der Waals surface area contributed by atoms with Crippen LogP contribution in [0.5, 0.6) is 0 Å². The van der Waals surface area contributed by atoms with Gasteiger partial charge in [0.2, 0.25) is 0 Å². The number of piperidine rings is 1. The lowest BCUT2D eigenvalue weighted by molar-refractivity contribution is 0.0155. The Labute approximate surface area is 251 Å². The first-order chi connectivity index (χ1) is 20.4. The Bertz CT molecular complexity index is 1630. The van der Waals surface area contributed by atoms with Gasteiger partial charge in [-0.1, -0.05) is 24.8 Å². The molecule has 43 heavy (non-hydrogen) atoms. The van der Waals surface area contributed by atoms with Crippen molar-refractivity contribution in [3.05, 3.63) is 107 Å². The maximum absolute atomic E-state index is 15.4. The molecule has 3 aliphatic heterocycles. The highest BCUT2D eigenvalue weighted by Crippen LogP contribution is 2.35. The third kappa shape index (κ3) is 6.44. The Balaban J connectivity index is 1.29. The van der Waals surface area contributed by atoms with Crippen molar-refractivity contribution in [3.8, 4) is 6.07 Å². The van der Waals surface area contributed by atoms with Gasteiger partial charge in [-0.05, 0) is 81.2 Å². The quantitative estimate of drug-likeness (QED) is 0.421. The van der Waals surface area contributed by atoms with E-state index in [1.165, 1.54) is 12.1 Å². The Morgan fingerprint density at radius 2 is 1.77 bits per heavy atom. The maximum atomic E-state index is 15.4. The summed E-state index contributed by atoms with van der Waals surface area (Å²) in [5, 5.41) is 9.16. The molecule has 0 N–H and O–H groups in total. The second kappa shape index (κ2) is 11.7. The molecule has 220 valence electrons. The van der Waals surface area contributed by atoms with Crippen LogP contribution in [0.3, 0.4) is 0 Å². The van der Waals surface area contributed by atoms with Crippen molar-refractivity contribution in [2.75, 3.05) is 20.1 Å². The molecule has 0 saturated carbocycles. The lowest BCUT2D eigenvalue weighted by atomic mass is 10.0. The van der Waals surface area contributed by atoms with Crippen LogP contribution < -0.4 is 0 Å². The average Bonchev–Trinajstić information content (AvgIpc) is 2.99. The van der Waals surface area contributed by atoms with Crippen LogP contribution in [0.4, 0.5) is 9.18 Å². The number of hydrogen-bond acceptors (Lipinski definition) is 6. The third-order valence-electron chi connectivity index (χ3n) is 7.57. The summed E-state index contributed by atoms with van der Waals surface area (Å²) in [7, 11) is 1.71. The summed E-state index contributed by atoms with van der Waals surface area (Å²) in [6.45, 7) is 10.4. The summed E-state index contributed by atoms with van der Waals surface area (Å²) in [5.41, 5.74) is 4.40. The van der Waals surface area contributed by atoms with Crippen molar-refractivity contribution < 1.29 is 18.7 Å². The smallest absolute Gasteiger partial charge is 0.410 e. The van der Waals surface area contributed by atoms with E-state index in [9.17, 15) is 9.59 Å². The number of aliphatic imine (C=N–C) groups is 1. The number of amides is 2. The van der Waals surface area contributed by atoms with Crippen LogP contribution in [0.25, 0.3) is 11.4 Å². The van der Waals surface area contributed by atoms with E-state index in [-0.39, 0.29) is 17.5 Å². The number of nitrogens with zero attached hydrogens (tertiary/aromatic N) is 5. The first-order valence-corrected chi connectivity index (χ1v) is 14.2. The summed E-state index contributed by atoms with van der Waals surface area (Å²) in [4.78, 5) is 35.4. The van der Waals surface area contributed by atoms with E-state index >= 15 is 4.39 Å². The number of benzene rings is 2. The first kappa shape index (κ1) is 29.5. The molecule has 2 aromatic rings. The lowest BCUT2D eigenvalue weighted by Crippen LogP contribution is -2.48. The number of carbonyl (C=O) groups is 2. The molecule has 0 spiro atoms. The molecule has 3 heterocycles. The average molecular weight is 580 g/mol. The number of likely N-dealkylation sites (tertiary alicyclic amines) is 1. The van der Waals surface area contributed by atoms with Crippen molar-refractivity contribution in [2.45, 2.75) is 45.3 Å². The number of nitriles is 1. The van der Waals surface area contributed by atoms with Gasteiger partial charge in [-0.25, -0.2) is 9.18 Å². The number of hydrogen-bond donors (Lipinski definition) is 0. The Kier molecular flexibility index (Phi) is 8.05. The molecule has 1 saturated heterocycles. The molecule has 0 bridgehead atoms. The van der Waals surface area contributed by atoms with Crippen LogP contribution in [0.15, 0.2) is 83.7 Å². The van der Waals surface area contributed by atoms with E-state index in [1.54, 1.807) is 41.3 Å². The second-order valence-corrected chi connectivity index (χ2v) is 11.8. The summed E-state index contributed by atoms with van der Waals surface area (Å²) in [5.74, 6) is -1.00. The zero-order valence-corrected chi connectivity index (χ0v) is 24.8. The van der Waals surface area contributed by atoms with Gasteiger partial charge in [-0.15, -0.1) is 0 Å². The number of ether oxygens (including phenoxy) is 1. The number of rotatable bonds is 4. The SMILES string of the molecule is C=C1C=C2C=NC(c3ccc(C(=O)N4CCC(N(C)C(=O)OC(C)(C)C)CC4)c(F)c3)=CN2C(c2ccc(C#N)cc2)=C1. The molecule has 2 amide bonds. The summed E-state index contributed by atoms with van der Waals surface area (Å²) in [6.07, 6.45) is 8.13. The Morgan fingerprint density at radius 1 is 1.09 bits per heavy atom. The van der Waals surface area contributed by atoms with E-state index in [0.717, 1.165) is 22.5 Å². The molecule has 9 heteroatoms. The predicted octanol–water partition coefficient (Wildman–Crippen LogP) is 6.35. The largest absolute Gasteiger partial charge is 0.444 e. The van der Waals surface area contributed by atoms with Gasteiger partial charge in [0.25, 0.3) is 5.91 Å². The van der Waals surface area contributed by atoms with Gasteiger partial charge in [-0.2, -0.15) is 5.26 Å². The molecule has 8 nitrogen and oxygen atoms in total. The van der Waals surface area contributed by atoms with Crippen LogP contribution in [-0.2, 0) is 4.74 Å². The second-order valence-electron chi connectivity index (χ2n) is 11.8. The van der Waals surface area contributed by atoms with Crippen LogP contribution in [0.2, 0.25) is 0 Å². The van der Waals surface area contributed by atoms with E-state index in [1.807, 2.05) is 56.2 Å². The first-order valence-electron chi connectivity index (χ1n) is 14.2. The fraction of sp³-hybridized carbons (Fsp3) is 0.294. The number of allylic oxidation sites excluding steroid dienone is 4. The molecule has 0 atom stereocenters. The molecule has 2 aromatic carbocycles. The van der Waals surface area contributed by atoms with Gasteiger partial charge < -0.3 is 19.4 Å². The van der Waals surface area contributed by atoms with Gasteiger partial charge >= 0.3 is 6.09 Å². The molecule has 0 aliphatic carbocycles. The Hall–Kier alpha value is -4.97. The van der Waals surface area contributed by atoms with E-state index < -0.39 is 17.5 Å². The highest BCUT2D eigenvalue weighted by atomic mass is 19.1. The van der Waals surface area contributed by atoms with Crippen molar-refractivity contribution in [2.24, 2.45) is 4.99 Å². The van der Waals surface area contributed by atoms with Crippen molar-refractivity contribution in [1.82, 2.24) is 14.7 Å². The zero-order chi connectivity index (χ0) is 30.9. The molecule has 0 radical (unpaired) electrons. The van der Waals surface area contributed by atoms with Crippen LogP contribution in [0, 0.1) is 17.1 Å². The minimum absolute atomic E-state index is 0.00360. The minimum atomic E-state index is -0.622. The van der Waals surface area contributed by atoms with E-state index in [2.05, 4.69) is 17.6 Å². The molecule has 0 unspecified atom stereocenters. The zero-order valence-electron chi connectivity index (χ0n) is 24.8. The van der Waals surface area contributed by atoms with E-state index in [4.69, 9.17) is 10.00 Å². The van der Waals surface area contributed by atoms with Gasteiger partial charge in [-0.3, -0.25) is 9.79 Å². The summed E-state index contributed by atoms with van der Waals surface area (Å²) in [6, 6.07) is 13.9. The molecule has 1 fully saturated rings. The normalized spacial score (nSPS) is 16.9. The highest BCUT2D eigenvalue weighted by molar-refractivity contribution is 5.96. The standard InChI is InChI=1S/C34H34FN5O3/c1-22-16-27-20-37-30(21-40(27)31(17-22)24-8-6-23(19-36)7-9-24)25-10-11-28(29(35)18-25)32(41)39-14-12-26(13-15-39)38(5)33(42)43-34(2,3)4/h6-11,16-18,20-21,26H,1,12-15H2,2-5H3. The Morgan fingerprint density at radius 3 is 2.40 bits per heavy atom. The predicted molar refractivity (Wildman–Crippen MR) is 164 cm³/mol. The van der Waals surface area contributed by atoms with Crippen molar-refractivity contribution in [3.63, 3.8) is 0 Å². The minimum Gasteiger partial charge on any atom is -0.444 e. The number of fused-ring (bicyclic) bond motifs is 1. The van der Waals surface area contributed by atoms with Gasteiger partial charge in [0, 0.05) is 37.9 Å². The van der Waals surface area contributed by atoms with E-state index in [0.29, 0.717) is 42.8 Å². The summed E-state index contributed by atoms with van der Waals surface area (Å²) >= 11 is 0. The lowest BCUT2D eigenvalue weighted by Gasteiger charge is -2.37. The van der Waals surface area contributed by atoms with Crippen LogP contribution in [0.1, 0.15) is 60.7 Å². The fourth-order valence-corrected chi connectivity index (χ4v) is 5.26. The highest BCUT2D eigenvalue weighted by Gasteiger charge is 2.31. The molecular weight excluding hydrogens is 545 g/mol. The van der Waals surface area contributed by atoms with Gasteiger partial charge in [0.15, 0.2) is 0 Å². The summed E-state index contributed by atoms with van der Waals surface area (Å²) < 4.78 is 20.9. The van der Waals surface area contributed by atoms with Crippen molar-refractivity contribution >= 4 is 29.6 Å².